The van der Waals surface area contributed by atoms with Crippen molar-refractivity contribution < 1.29 is 34.8 Å². The van der Waals surface area contributed by atoms with Gasteiger partial charge in [-0.25, -0.2) is 0 Å². The van der Waals surface area contributed by atoms with Crippen molar-refractivity contribution in [3.05, 3.63) is 75.8 Å². The fourth-order valence-electron chi connectivity index (χ4n) is 6.07. The van der Waals surface area contributed by atoms with E-state index in [4.69, 9.17) is 5.73 Å². The lowest BCUT2D eigenvalue weighted by molar-refractivity contribution is -0.153. The van der Waals surface area contributed by atoms with Crippen LogP contribution in [0.2, 0.25) is 0 Å². The molecule has 0 saturated heterocycles. The van der Waals surface area contributed by atoms with E-state index in [0.717, 1.165) is 0 Å². The standard InChI is InChI=1S/C28H27N3O7/c1-31(2)22-17-12-14-11-16-13(6-8-15-5-3-4-10-30-15)7-9-18(32)20(16)23(33)19(14)25(35)28(17,38)26(36)21(24(22)34)27(29)37/h3-10,14,17,22,32-33,36,38H,11-12H2,1-2H3,(H2,29,37)/b8-6+. The minimum absolute atomic E-state index is 0.0326. The van der Waals surface area contributed by atoms with Crippen molar-refractivity contribution in [2.75, 3.05) is 14.1 Å². The van der Waals surface area contributed by atoms with Gasteiger partial charge in [0.25, 0.3) is 5.91 Å². The number of pyridine rings is 1. The molecule has 6 N–H and O–H groups in total. The number of fused-ring (bicyclic) bond motifs is 3. The Bertz CT molecular complexity index is 1470. The Morgan fingerprint density at radius 1 is 1.13 bits per heavy atom. The number of amides is 1. The molecule has 1 amide bonds. The molecule has 2 aromatic rings. The van der Waals surface area contributed by atoms with Crippen LogP contribution in [0.1, 0.15) is 28.8 Å². The quantitative estimate of drug-likeness (QED) is 0.377. The molecule has 10 nitrogen and oxygen atoms in total. The number of benzene rings is 1. The first-order valence-corrected chi connectivity index (χ1v) is 12.1. The van der Waals surface area contributed by atoms with Crippen LogP contribution >= 0.6 is 0 Å². The van der Waals surface area contributed by atoms with Crippen LogP contribution in [-0.2, 0) is 20.8 Å². The van der Waals surface area contributed by atoms with Gasteiger partial charge in [-0.2, -0.15) is 0 Å². The third-order valence-corrected chi connectivity index (χ3v) is 7.76. The number of carbonyl (C=O) groups is 3. The van der Waals surface area contributed by atoms with Gasteiger partial charge in [-0.1, -0.05) is 18.2 Å². The second kappa shape index (κ2) is 8.93. The van der Waals surface area contributed by atoms with Gasteiger partial charge in [0.1, 0.15) is 22.8 Å². The van der Waals surface area contributed by atoms with E-state index in [1.165, 1.54) is 11.0 Å². The Morgan fingerprint density at radius 2 is 1.87 bits per heavy atom. The van der Waals surface area contributed by atoms with Crippen LogP contribution in [0.3, 0.4) is 0 Å². The number of rotatable bonds is 4. The van der Waals surface area contributed by atoms with E-state index in [0.29, 0.717) is 16.8 Å². The number of ketones is 2. The molecule has 1 aromatic carbocycles. The van der Waals surface area contributed by atoms with E-state index < -0.39 is 58.0 Å². The van der Waals surface area contributed by atoms with Gasteiger partial charge in [0.15, 0.2) is 11.4 Å². The number of aromatic nitrogens is 1. The molecule has 0 radical (unpaired) electrons. The van der Waals surface area contributed by atoms with Gasteiger partial charge >= 0.3 is 0 Å². The average molecular weight is 518 g/mol. The average Bonchev–Trinajstić information content (AvgIpc) is 2.86. The van der Waals surface area contributed by atoms with E-state index in [1.54, 1.807) is 44.6 Å². The first-order valence-electron chi connectivity index (χ1n) is 12.1. The number of phenolic OH excluding ortho intramolecular Hbond substituents is 1. The molecule has 3 aliphatic carbocycles. The molecule has 38 heavy (non-hydrogen) atoms. The molecule has 1 aromatic heterocycles. The summed E-state index contributed by atoms with van der Waals surface area (Å²) in [6.07, 6.45) is 5.47. The van der Waals surface area contributed by atoms with Crippen molar-refractivity contribution in [1.82, 2.24) is 9.88 Å². The van der Waals surface area contributed by atoms with Gasteiger partial charge < -0.3 is 26.2 Å². The highest BCUT2D eigenvalue weighted by Gasteiger charge is 2.64. The summed E-state index contributed by atoms with van der Waals surface area (Å²) in [6.45, 7) is 0. The minimum Gasteiger partial charge on any atom is -0.508 e. The highest BCUT2D eigenvalue weighted by atomic mass is 16.3. The molecule has 1 heterocycles. The summed E-state index contributed by atoms with van der Waals surface area (Å²) in [5, 5.41) is 44.5. The molecule has 0 spiro atoms. The normalized spacial score (nSPS) is 27.0. The lowest BCUT2D eigenvalue weighted by Gasteiger charge is -2.50. The van der Waals surface area contributed by atoms with Crippen molar-refractivity contribution in [2.24, 2.45) is 17.6 Å². The number of likely N-dealkylation sites (N-methyl/N-ethyl adjacent to an activating group) is 1. The number of hydrogen-bond acceptors (Lipinski definition) is 9. The zero-order chi connectivity index (χ0) is 27.5. The summed E-state index contributed by atoms with van der Waals surface area (Å²) >= 11 is 0. The number of carbonyl (C=O) groups excluding carboxylic acids is 3. The number of Topliss-reactive ketones (excluding diaryl/α,β-unsaturated/α-hetero) is 2. The first kappa shape index (κ1) is 25.4. The Morgan fingerprint density at radius 3 is 2.50 bits per heavy atom. The van der Waals surface area contributed by atoms with Gasteiger partial charge in [0.2, 0.25) is 5.78 Å². The van der Waals surface area contributed by atoms with Crippen molar-refractivity contribution in [3.8, 4) is 5.75 Å². The summed E-state index contributed by atoms with van der Waals surface area (Å²) in [7, 11) is 3.12. The lowest BCUT2D eigenvalue weighted by atomic mass is 9.57. The van der Waals surface area contributed by atoms with Crippen LogP contribution < -0.4 is 5.73 Å². The van der Waals surface area contributed by atoms with Crippen LogP contribution in [0.15, 0.2) is 53.4 Å². The van der Waals surface area contributed by atoms with Crippen LogP contribution in [0, 0.1) is 11.8 Å². The fourth-order valence-corrected chi connectivity index (χ4v) is 6.07. The summed E-state index contributed by atoms with van der Waals surface area (Å²) in [6, 6.07) is 7.41. The topological polar surface area (TPSA) is 174 Å². The Labute approximate surface area is 218 Å². The molecule has 0 bridgehead atoms. The zero-order valence-electron chi connectivity index (χ0n) is 20.8. The Balaban J connectivity index is 1.68. The van der Waals surface area contributed by atoms with Gasteiger partial charge in [0, 0.05) is 17.7 Å². The molecule has 1 saturated carbocycles. The maximum Gasteiger partial charge on any atom is 0.255 e. The van der Waals surface area contributed by atoms with Gasteiger partial charge in [0.05, 0.1) is 17.3 Å². The fraction of sp³-hybridized carbons (Fsp3) is 0.286. The third-order valence-electron chi connectivity index (χ3n) is 7.76. The molecule has 5 rings (SSSR count). The number of hydrogen-bond donors (Lipinski definition) is 5. The molecule has 4 atom stereocenters. The summed E-state index contributed by atoms with van der Waals surface area (Å²) in [4.78, 5) is 44.8. The summed E-state index contributed by atoms with van der Waals surface area (Å²) in [5.74, 6) is -6.73. The number of aliphatic hydroxyl groups excluding tert-OH is 2. The van der Waals surface area contributed by atoms with Gasteiger partial charge in [-0.05, 0) is 68.3 Å². The van der Waals surface area contributed by atoms with Crippen LogP contribution in [0.25, 0.3) is 17.9 Å². The maximum absolute atomic E-state index is 13.8. The maximum atomic E-state index is 13.8. The van der Waals surface area contributed by atoms with Crippen LogP contribution in [0.4, 0.5) is 0 Å². The van der Waals surface area contributed by atoms with Gasteiger partial charge in [-0.15, -0.1) is 0 Å². The monoisotopic (exact) mass is 517 g/mol. The van der Waals surface area contributed by atoms with Gasteiger partial charge in [-0.3, -0.25) is 24.3 Å². The number of aliphatic hydroxyl groups is 3. The number of nitrogens with two attached hydrogens (primary N) is 1. The molecular formula is C28H27N3O7. The second-order valence-corrected chi connectivity index (χ2v) is 10.1. The molecule has 4 unspecified atom stereocenters. The molecule has 3 aliphatic rings. The predicted molar refractivity (Wildman–Crippen MR) is 137 cm³/mol. The zero-order valence-corrected chi connectivity index (χ0v) is 20.8. The van der Waals surface area contributed by atoms with E-state index in [2.05, 4.69) is 4.98 Å². The van der Waals surface area contributed by atoms with E-state index >= 15 is 0 Å². The van der Waals surface area contributed by atoms with Crippen molar-refractivity contribution in [3.63, 3.8) is 0 Å². The van der Waals surface area contributed by atoms with Crippen LogP contribution in [-0.4, -0.2) is 73.5 Å². The smallest absolute Gasteiger partial charge is 0.255 e. The Hall–Kier alpha value is -4.28. The number of phenols is 1. The highest BCUT2D eigenvalue weighted by Crippen LogP contribution is 2.53. The first-order chi connectivity index (χ1) is 18.0. The van der Waals surface area contributed by atoms with E-state index in [-0.39, 0.29) is 29.7 Å². The number of nitrogens with zero attached hydrogens (tertiary/aromatic N) is 2. The molecule has 0 aliphatic heterocycles. The second-order valence-electron chi connectivity index (χ2n) is 10.1. The summed E-state index contributed by atoms with van der Waals surface area (Å²) < 4.78 is 0. The lowest BCUT2D eigenvalue weighted by Crippen LogP contribution is -2.65. The third kappa shape index (κ3) is 3.56. The van der Waals surface area contributed by atoms with Crippen molar-refractivity contribution in [2.45, 2.75) is 24.5 Å². The minimum atomic E-state index is -2.66. The number of primary amides is 1. The molecular weight excluding hydrogens is 490 g/mol. The molecule has 10 heteroatoms. The van der Waals surface area contributed by atoms with Crippen molar-refractivity contribution >= 4 is 35.4 Å². The SMILES string of the molecule is CN(C)C1C(=O)C(C(N)=O)=C(O)C2(O)C(=O)C3=C(O)c4c(O)ccc(/C=C/c5ccccn5)c4CC3CC12. The summed E-state index contributed by atoms with van der Waals surface area (Å²) in [5.41, 5.74) is 3.68. The Kier molecular flexibility index (Phi) is 5.96. The van der Waals surface area contributed by atoms with Crippen molar-refractivity contribution in [1.29, 1.82) is 0 Å². The largest absolute Gasteiger partial charge is 0.508 e. The van der Waals surface area contributed by atoms with E-state index in [1.807, 2.05) is 12.1 Å². The van der Waals surface area contributed by atoms with E-state index in [9.17, 15) is 34.8 Å². The predicted octanol–water partition coefficient (Wildman–Crippen LogP) is 1.53. The highest BCUT2D eigenvalue weighted by molar-refractivity contribution is 6.24. The number of aromatic hydroxyl groups is 1. The van der Waals surface area contributed by atoms with Crippen LogP contribution in [0.5, 0.6) is 5.75 Å². The molecule has 196 valence electrons. The molecule has 1 fully saturated rings.